The molecule has 2 aromatic carbocycles. The van der Waals surface area contributed by atoms with Crippen LogP contribution in [0.3, 0.4) is 0 Å². The first kappa shape index (κ1) is 12.5. The van der Waals surface area contributed by atoms with E-state index < -0.39 is 0 Å². The van der Waals surface area contributed by atoms with Crippen LogP contribution in [-0.2, 0) is 0 Å². The lowest BCUT2D eigenvalue weighted by atomic mass is 10.0. The molecule has 4 heteroatoms. The molecule has 0 atom stereocenters. The minimum Gasteiger partial charge on any atom is -0.289 e. The number of hydrogen-bond acceptors (Lipinski definition) is 1. The van der Waals surface area contributed by atoms with Crippen LogP contribution in [-0.4, -0.2) is 5.78 Å². The van der Waals surface area contributed by atoms with Crippen LogP contribution in [0.4, 0.5) is 4.39 Å². The van der Waals surface area contributed by atoms with Crippen molar-refractivity contribution in [2.24, 2.45) is 0 Å². The predicted octanol–water partition coefficient (Wildman–Crippen LogP) is 4.58. The highest BCUT2D eigenvalue weighted by atomic mass is 79.9. The van der Waals surface area contributed by atoms with E-state index in [9.17, 15) is 9.18 Å². The molecule has 0 N–H and O–H groups in total. The van der Waals surface area contributed by atoms with Gasteiger partial charge in [-0.1, -0.05) is 15.9 Å². The van der Waals surface area contributed by atoms with Crippen LogP contribution >= 0.6 is 31.9 Å². The lowest BCUT2D eigenvalue weighted by Crippen LogP contribution is -2.01. The molecule has 0 fully saturated rings. The number of halogens is 3. The molecule has 0 aliphatic carbocycles. The minimum absolute atomic E-state index is 0.127. The number of carbonyl (C=O) groups excluding carboxylic acids is 1. The Balaban J connectivity index is 2.37. The lowest BCUT2D eigenvalue weighted by molar-refractivity contribution is 0.103. The normalized spacial score (nSPS) is 10.3. The average molecular weight is 358 g/mol. The van der Waals surface area contributed by atoms with E-state index in [4.69, 9.17) is 0 Å². The molecule has 0 aliphatic rings. The Kier molecular flexibility index (Phi) is 3.74. The molecule has 0 saturated carbocycles. The summed E-state index contributed by atoms with van der Waals surface area (Å²) in [5, 5.41) is 0. The summed E-state index contributed by atoms with van der Waals surface area (Å²) in [5.74, 6) is -0.504. The summed E-state index contributed by atoms with van der Waals surface area (Å²) in [6, 6.07) is 11.3. The van der Waals surface area contributed by atoms with Gasteiger partial charge in [0.1, 0.15) is 5.82 Å². The van der Waals surface area contributed by atoms with Gasteiger partial charge in [-0.15, -0.1) is 0 Å². The van der Waals surface area contributed by atoms with Crippen molar-refractivity contribution in [3.63, 3.8) is 0 Å². The van der Waals surface area contributed by atoms with E-state index in [-0.39, 0.29) is 11.6 Å². The van der Waals surface area contributed by atoms with Gasteiger partial charge in [-0.3, -0.25) is 4.79 Å². The van der Waals surface area contributed by atoms with Gasteiger partial charge in [0, 0.05) is 15.6 Å². The molecule has 0 heterocycles. The Bertz CT molecular complexity index is 564. The SMILES string of the molecule is O=C(c1ccc(Br)cc1)c1ccc(F)c(Br)c1. The minimum atomic E-state index is -0.377. The fraction of sp³-hybridized carbons (Fsp3) is 0. The molecule has 0 bridgehead atoms. The van der Waals surface area contributed by atoms with Crippen molar-refractivity contribution in [1.82, 2.24) is 0 Å². The summed E-state index contributed by atoms with van der Waals surface area (Å²) in [6.45, 7) is 0. The fourth-order valence-corrected chi connectivity index (χ4v) is 2.05. The molecule has 0 saturated heterocycles. The Labute approximate surface area is 115 Å². The highest BCUT2D eigenvalue weighted by molar-refractivity contribution is 9.10. The van der Waals surface area contributed by atoms with Gasteiger partial charge in [0.15, 0.2) is 5.78 Å². The zero-order valence-electron chi connectivity index (χ0n) is 8.58. The van der Waals surface area contributed by atoms with Gasteiger partial charge < -0.3 is 0 Å². The van der Waals surface area contributed by atoms with Gasteiger partial charge >= 0.3 is 0 Å². The lowest BCUT2D eigenvalue weighted by Gasteiger charge is -2.02. The standard InChI is InChI=1S/C13H7Br2FO/c14-10-4-1-8(2-5-10)13(17)9-3-6-12(16)11(15)7-9/h1-7H. The van der Waals surface area contributed by atoms with Gasteiger partial charge in [-0.2, -0.15) is 0 Å². The fourth-order valence-electron chi connectivity index (χ4n) is 1.41. The molecule has 0 aromatic heterocycles. The number of carbonyl (C=O) groups is 1. The second-order valence-electron chi connectivity index (χ2n) is 3.46. The second kappa shape index (κ2) is 5.10. The smallest absolute Gasteiger partial charge is 0.193 e. The highest BCUT2D eigenvalue weighted by Gasteiger charge is 2.10. The maximum atomic E-state index is 13.1. The quantitative estimate of drug-likeness (QED) is 0.719. The molecule has 2 aromatic rings. The van der Waals surface area contributed by atoms with Crippen molar-refractivity contribution in [2.75, 3.05) is 0 Å². The Morgan fingerprint density at radius 3 is 2.12 bits per heavy atom. The van der Waals surface area contributed by atoms with Crippen molar-refractivity contribution in [3.8, 4) is 0 Å². The van der Waals surface area contributed by atoms with Crippen molar-refractivity contribution in [1.29, 1.82) is 0 Å². The topological polar surface area (TPSA) is 17.1 Å². The molecule has 1 nitrogen and oxygen atoms in total. The van der Waals surface area contributed by atoms with Crippen molar-refractivity contribution in [3.05, 3.63) is 68.4 Å². The summed E-state index contributed by atoms with van der Waals surface area (Å²) in [4.78, 5) is 12.1. The molecule has 0 aliphatic heterocycles. The van der Waals surface area contributed by atoms with E-state index in [0.717, 1.165) is 4.47 Å². The van der Waals surface area contributed by atoms with Crippen molar-refractivity contribution >= 4 is 37.6 Å². The molecule has 2 rings (SSSR count). The van der Waals surface area contributed by atoms with E-state index in [1.807, 2.05) is 0 Å². The molecular formula is C13H7Br2FO. The largest absolute Gasteiger partial charge is 0.289 e. The highest BCUT2D eigenvalue weighted by Crippen LogP contribution is 2.20. The molecule has 0 unspecified atom stereocenters. The second-order valence-corrected chi connectivity index (χ2v) is 5.23. The third-order valence-corrected chi connectivity index (χ3v) is 3.42. The number of hydrogen-bond donors (Lipinski definition) is 0. The zero-order valence-corrected chi connectivity index (χ0v) is 11.8. The van der Waals surface area contributed by atoms with Crippen molar-refractivity contribution in [2.45, 2.75) is 0 Å². The summed E-state index contributed by atoms with van der Waals surface area (Å²) in [6.07, 6.45) is 0. The first-order valence-corrected chi connectivity index (χ1v) is 6.42. The molecule has 86 valence electrons. The molecule has 0 radical (unpaired) electrons. The number of benzene rings is 2. The maximum Gasteiger partial charge on any atom is 0.193 e. The van der Waals surface area contributed by atoms with E-state index in [1.165, 1.54) is 18.2 Å². The van der Waals surface area contributed by atoms with Crippen LogP contribution in [0, 0.1) is 5.82 Å². The van der Waals surface area contributed by atoms with Crippen molar-refractivity contribution < 1.29 is 9.18 Å². The van der Waals surface area contributed by atoms with Crippen LogP contribution in [0.2, 0.25) is 0 Å². The van der Waals surface area contributed by atoms with E-state index in [1.54, 1.807) is 24.3 Å². The Morgan fingerprint density at radius 2 is 1.53 bits per heavy atom. The zero-order chi connectivity index (χ0) is 12.4. The third-order valence-electron chi connectivity index (χ3n) is 2.29. The first-order chi connectivity index (χ1) is 8.08. The van der Waals surface area contributed by atoms with Crippen LogP contribution < -0.4 is 0 Å². The van der Waals surface area contributed by atoms with E-state index >= 15 is 0 Å². The van der Waals surface area contributed by atoms with Gasteiger partial charge in [-0.25, -0.2) is 4.39 Å². The molecule has 17 heavy (non-hydrogen) atoms. The van der Waals surface area contributed by atoms with Gasteiger partial charge in [-0.05, 0) is 58.4 Å². The van der Waals surface area contributed by atoms with E-state index in [2.05, 4.69) is 31.9 Å². The molecular weight excluding hydrogens is 351 g/mol. The van der Waals surface area contributed by atoms with Gasteiger partial charge in [0.2, 0.25) is 0 Å². The van der Waals surface area contributed by atoms with Gasteiger partial charge in [0.05, 0.1) is 4.47 Å². The summed E-state index contributed by atoms with van der Waals surface area (Å²) < 4.78 is 14.3. The van der Waals surface area contributed by atoms with Crippen LogP contribution in [0.1, 0.15) is 15.9 Å². The monoisotopic (exact) mass is 356 g/mol. The number of ketones is 1. The van der Waals surface area contributed by atoms with Crippen LogP contribution in [0.5, 0.6) is 0 Å². The summed E-state index contributed by atoms with van der Waals surface area (Å²) in [5.41, 5.74) is 1.03. The Morgan fingerprint density at radius 1 is 0.941 bits per heavy atom. The number of rotatable bonds is 2. The summed E-state index contributed by atoms with van der Waals surface area (Å²) in [7, 11) is 0. The Hall–Kier alpha value is -1.00. The van der Waals surface area contributed by atoms with Crippen LogP contribution in [0.25, 0.3) is 0 Å². The van der Waals surface area contributed by atoms with E-state index in [0.29, 0.717) is 15.6 Å². The van der Waals surface area contributed by atoms with Gasteiger partial charge in [0.25, 0.3) is 0 Å². The van der Waals surface area contributed by atoms with Crippen LogP contribution in [0.15, 0.2) is 51.4 Å². The summed E-state index contributed by atoms with van der Waals surface area (Å²) >= 11 is 6.37. The molecule has 0 spiro atoms. The maximum absolute atomic E-state index is 13.1. The predicted molar refractivity (Wildman–Crippen MR) is 71.7 cm³/mol. The third kappa shape index (κ3) is 2.82. The molecule has 0 amide bonds. The average Bonchev–Trinajstić information content (AvgIpc) is 2.33. The first-order valence-electron chi connectivity index (χ1n) is 4.83.